The number of nitrogens with zero attached hydrogens (tertiary/aromatic N) is 4. The maximum absolute atomic E-state index is 6.25. The molecule has 0 unspecified atom stereocenters. The van der Waals surface area contributed by atoms with Crippen molar-refractivity contribution in [1.82, 2.24) is 19.9 Å². The Labute approximate surface area is 285 Å². The van der Waals surface area contributed by atoms with E-state index in [1.807, 2.05) is 133 Å². The van der Waals surface area contributed by atoms with Gasteiger partial charge in [0.25, 0.3) is 0 Å². The molecule has 8 aromatic rings. The Morgan fingerprint density at radius 3 is 0.796 bits per heavy atom. The number of aromatic nitrogens is 4. The van der Waals surface area contributed by atoms with Gasteiger partial charge in [-0.2, -0.15) is 0 Å². The maximum Gasteiger partial charge on any atom is 0.160 e. The average molecular weight is 631 g/mol. The van der Waals surface area contributed by atoms with E-state index in [-0.39, 0.29) is 0 Å². The fourth-order valence-electron chi connectivity index (χ4n) is 5.66. The van der Waals surface area contributed by atoms with Crippen LogP contribution in [0.2, 0.25) is 0 Å². The van der Waals surface area contributed by atoms with Crippen molar-refractivity contribution in [3.8, 4) is 79.3 Å². The van der Waals surface area contributed by atoms with Gasteiger partial charge in [-0.05, 0) is 60.7 Å². The highest BCUT2D eigenvalue weighted by molar-refractivity contribution is 5.73. The van der Waals surface area contributed by atoms with Gasteiger partial charge in [0.05, 0.1) is 22.8 Å². The van der Waals surface area contributed by atoms with Crippen LogP contribution in [0.1, 0.15) is 0 Å². The van der Waals surface area contributed by atoms with Crippen molar-refractivity contribution >= 4 is 0 Å². The van der Waals surface area contributed by atoms with E-state index in [0.717, 1.165) is 56.2 Å². The first-order chi connectivity index (χ1) is 24.2. The molecule has 0 saturated carbocycles. The van der Waals surface area contributed by atoms with Crippen molar-refractivity contribution in [3.05, 3.63) is 182 Å². The van der Waals surface area contributed by atoms with Gasteiger partial charge in [-0.25, -0.2) is 19.9 Å². The van der Waals surface area contributed by atoms with Crippen LogP contribution in [0.4, 0.5) is 0 Å². The van der Waals surface area contributed by atoms with Crippen molar-refractivity contribution < 1.29 is 4.74 Å². The molecule has 0 fully saturated rings. The number of ether oxygens (including phenoxy) is 1. The first-order valence-corrected chi connectivity index (χ1v) is 16.1. The Hall–Kier alpha value is -6.72. The molecule has 0 atom stereocenters. The summed E-state index contributed by atoms with van der Waals surface area (Å²) in [6.07, 6.45) is 0. The molecule has 2 heterocycles. The minimum absolute atomic E-state index is 0.656. The number of rotatable bonds is 8. The minimum atomic E-state index is 0.656. The lowest BCUT2D eigenvalue weighted by Crippen LogP contribution is -1.96. The van der Waals surface area contributed by atoms with Gasteiger partial charge < -0.3 is 4.74 Å². The van der Waals surface area contributed by atoms with Crippen LogP contribution in [0.5, 0.6) is 11.5 Å². The lowest BCUT2D eigenvalue weighted by atomic mass is 10.1. The van der Waals surface area contributed by atoms with E-state index in [9.17, 15) is 0 Å². The van der Waals surface area contributed by atoms with Crippen molar-refractivity contribution in [1.29, 1.82) is 0 Å². The minimum Gasteiger partial charge on any atom is -0.457 e. The summed E-state index contributed by atoms with van der Waals surface area (Å²) in [7, 11) is 0. The molecule has 5 nitrogen and oxygen atoms in total. The van der Waals surface area contributed by atoms with Gasteiger partial charge in [-0.15, -0.1) is 0 Å². The molecular weight excluding hydrogens is 601 g/mol. The summed E-state index contributed by atoms with van der Waals surface area (Å²) < 4.78 is 6.25. The summed E-state index contributed by atoms with van der Waals surface area (Å²) in [6.45, 7) is 0. The van der Waals surface area contributed by atoms with Crippen molar-refractivity contribution in [2.45, 2.75) is 0 Å². The van der Waals surface area contributed by atoms with E-state index in [2.05, 4.69) is 48.5 Å². The molecule has 0 N–H and O–H groups in total. The fourth-order valence-corrected chi connectivity index (χ4v) is 5.66. The number of hydrogen-bond acceptors (Lipinski definition) is 5. The quantitative estimate of drug-likeness (QED) is 0.167. The van der Waals surface area contributed by atoms with Crippen LogP contribution in [0.15, 0.2) is 182 Å². The monoisotopic (exact) mass is 630 g/mol. The zero-order valence-corrected chi connectivity index (χ0v) is 26.5. The average Bonchev–Trinajstić information content (AvgIpc) is 3.19. The van der Waals surface area contributed by atoms with Crippen LogP contribution >= 0.6 is 0 Å². The third-order valence-corrected chi connectivity index (χ3v) is 8.19. The van der Waals surface area contributed by atoms with Crippen LogP contribution in [0.25, 0.3) is 67.8 Å². The summed E-state index contributed by atoms with van der Waals surface area (Å²) in [5.41, 5.74) is 9.47. The molecule has 0 saturated heterocycles. The van der Waals surface area contributed by atoms with Gasteiger partial charge in [0.2, 0.25) is 0 Å². The first kappa shape index (κ1) is 29.7. The molecule has 6 aromatic carbocycles. The third-order valence-electron chi connectivity index (χ3n) is 8.19. The molecule has 232 valence electrons. The second kappa shape index (κ2) is 13.6. The summed E-state index contributed by atoms with van der Waals surface area (Å²) in [6, 6.07) is 60.6. The summed E-state index contributed by atoms with van der Waals surface area (Å²) in [5.74, 6) is 2.74. The largest absolute Gasteiger partial charge is 0.457 e. The van der Waals surface area contributed by atoms with Crippen LogP contribution in [0, 0.1) is 0 Å². The molecule has 0 aliphatic carbocycles. The van der Waals surface area contributed by atoms with Gasteiger partial charge in [-0.1, -0.05) is 121 Å². The lowest BCUT2D eigenvalue weighted by Gasteiger charge is -2.11. The molecule has 0 bridgehead atoms. The molecule has 0 spiro atoms. The second-order valence-electron chi connectivity index (χ2n) is 11.5. The highest BCUT2D eigenvalue weighted by Gasteiger charge is 2.13. The predicted molar refractivity (Wildman–Crippen MR) is 197 cm³/mol. The third kappa shape index (κ3) is 6.73. The molecule has 0 radical (unpaired) electrons. The van der Waals surface area contributed by atoms with Crippen LogP contribution in [-0.4, -0.2) is 19.9 Å². The van der Waals surface area contributed by atoms with Crippen molar-refractivity contribution in [3.63, 3.8) is 0 Å². The summed E-state index contributed by atoms with van der Waals surface area (Å²) in [5, 5.41) is 0. The maximum atomic E-state index is 6.25. The molecule has 5 heteroatoms. The zero-order chi connectivity index (χ0) is 32.8. The highest BCUT2D eigenvalue weighted by Crippen LogP contribution is 2.31. The summed E-state index contributed by atoms with van der Waals surface area (Å²) in [4.78, 5) is 19.8. The normalized spacial score (nSPS) is 10.9. The molecule has 0 amide bonds. The molecular formula is C44H30N4O. The SMILES string of the molecule is c1ccc(-c2cc(-c3ccccc3)nc(-c3ccc(Oc4ccc(-c5nc(-c6ccccc6)cc(-c6ccccc6)n5)cc4)cc3)n2)cc1. The molecule has 0 aliphatic rings. The Bertz CT molecular complexity index is 2030. The topological polar surface area (TPSA) is 60.8 Å². The van der Waals surface area contributed by atoms with E-state index in [4.69, 9.17) is 24.7 Å². The number of benzene rings is 6. The Balaban J connectivity index is 1.06. The van der Waals surface area contributed by atoms with Gasteiger partial charge in [-0.3, -0.25) is 0 Å². The molecule has 0 aliphatic heterocycles. The number of hydrogen-bond donors (Lipinski definition) is 0. The predicted octanol–water partition coefficient (Wildman–Crippen LogP) is 11.1. The lowest BCUT2D eigenvalue weighted by molar-refractivity contribution is 0.483. The van der Waals surface area contributed by atoms with Crippen LogP contribution in [0.3, 0.4) is 0 Å². The molecule has 2 aromatic heterocycles. The summed E-state index contributed by atoms with van der Waals surface area (Å²) >= 11 is 0. The second-order valence-corrected chi connectivity index (χ2v) is 11.5. The Morgan fingerprint density at radius 2 is 0.531 bits per heavy atom. The van der Waals surface area contributed by atoms with Crippen molar-refractivity contribution in [2.24, 2.45) is 0 Å². The Morgan fingerprint density at radius 1 is 0.265 bits per heavy atom. The van der Waals surface area contributed by atoms with Gasteiger partial charge in [0.15, 0.2) is 11.6 Å². The fraction of sp³-hybridized carbons (Fsp3) is 0. The standard InChI is InChI=1S/C44H30N4O/c1-5-13-31(14-6-1)39-29-40(32-15-7-2-8-16-32)46-43(45-39)35-21-25-37(26-22-35)49-38-27-23-36(24-28-38)44-47-41(33-17-9-3-10-18-33)30-42(48-44)34-19-11-4-12-20-34/h1-30H. The smallest absolute Gasteiger partial charge is 0.160 e. The first-order valence-electron chi connectivity index (χ1n) is 16.1. The van der Waals surface area contributed by atoms with E-state index >= 15 is 0 Å². The van der Waals surface area contributed by atoms with Crippen LogP contribution < -0.4 is 4.74 Å². The van der Waals surface area contributed by atoms with Crippen molar-refractivity contribution in [2.75, 3.05) is 0 Å². The zero-order valence-electron chi connectivity index (χ0n) is 26.5. The van der Waals surface area contributed by atoms with E-state index in [1.165, 1.54) is 0 Å². The molecule has 49 heavy (non-hydrogen) atoms. The van der Waals surface area contributed by atoms with Gasteiger partial charge >= 0.3 is 0 Å². The highest BCUT2D eigenvalue weighted by atomic mass is 16.5. The van der Waals surface area contributed by atoms with Gasteiger partial charge in [0.1, 0.15) is 11.5 Å². The van der Waals surface area contributed by atoms with Crippen LogP contribution in [-0.2, 0) is 0 Å². The van der Waals surface area contributed by atoms with Gasteiger partial charge in [0, 0.05) is 33.4 Å². The van der Waals surface area contributed by atoms with E-state index in [1.54, 1.807) is 0 Å². The van der Waals surface area contributed by atoms with E-state index in [0.29, 0.717) is 23.1 Å². The van der Waals surface area contributed by atoms with E-state index < -0.39 is 0 Å². The molecule has 8 rings (SSSR count). The Kier molecular flexibility index (Phi) is 8.21.